The predicted octanol–water partition coefficient (Wildman–Crippen LogP) is 5.59. The third-order valence-electron chi connectivity index (χ3n) is 5.62. The standard InChI is InChI=1S/C22H25BrN2/c1-17-5-2-3-6-18(17)9-13-24-14-10-19(11-15-24)25-16-12-20-21(23)7-4-8-22(20)25/h2-8,12,16,19H,9-11,13-15H2,1H3. The summed E-state index contributed by atoms with van der Waals surface area (Å²) in [6.07, 6.45) is 5.91. The first kappa shape index (κ1) is 16.9. The Kier molecular flexibility index (Phi) is 4.96. The predicted molar refractivity (Wildman–Crippen MR) is 109 cm³/mol. The van der Waals surface area contributed by atoms with Gasteiger partial charge < -0.3 is 9.47 Å². The monoisotopic (exact) mass is 396 g/mol. The van der Waals surface area contributed by atoms with Crippen molar-refractivity contribution < 1.29 is 0 Å². The Balaban J connectivity index is 1.38. The molecule has 2 nitrogen and oxygen atoms in total. The largest absolute Gasteiger partial charge is 0.344 e. The van der Waals surface area contributed by atoms with Gasteiger partial charge in [0.15, 0.2) is 0 Å². The fourth-order valence-corrected chi connectivity index (χ4v) is 4.55. The minimum Gasteiger partial charge on any atom is -0.344 e. The highest BCUT2D eigenvalue weighted by atomic mass is 79.9. The van der Waals surface area contributed by atoms with E-state index in [0.29, 0.717) is 6.04 Å². The zero-order valence-corrected chi connectivity index (χ0v) is 16.4. The van der Waals surface area contributed by atoms with E-state index in [-0.39, 0.29) is 0 Å². The number of piperidine rings is 1. The van der Waals surface area contributed by atoms with Gasteiger partial charge in [-0.05, 0) is 55.5 Å². The summed E-state index contributed by atoms with van der Waals surface area (Å²) in [7, 11) is 0. The maximum atomic E-state index is 3.67. The summed E-state index contributed by atoms with van der Waals surface area (Å²) >= 11 is 3.67. The smallest absolute Gasteiger partial charge is 0.0494 e. The van der Waals surface area contributed by atoms with Crippen LogP contribution in [-0.4, -0.2) is 29.1 Å². The van der Waals surface area contributed by atoms with Crippen molar-refractivity contribution in [3.63, 3.8) is 0 Å². The van der Waals surface area contributed by atoms with Gasteiger partial charge in [-0.1, -0.05) is 46.3 Å². The molecule has 1 saturated heterocycles. The molecular formula is C22H25BrN2. The lowest BCUT2D eigenvalue weighted by Crippen LogP contribution is -2.35. The molecule has 4 rings (SSSR count). The van der Waals surface area contributed by atoms with Crippen LogP contribution in [0.25, 0.3) is 10.9 Å². The molecule has 0 amide bonds. The average molecular weight is 397 g/mol. The van der Waals surface area contributed by atoms with E-state index >= 15 is 0 Å². The molecule has 3 aromatic rings. The molecular weight excluding hydrogens is 372 g/mol. The Morgan fingerprint density at radius 3 is 2.60 bits per heavy atom. The number of fused-ring (bicyclic) bond motifs is 1. The van der Waals surface area contributed by atoms with Crippen LogP contribution in [-0.2, 0) is 6.42 Å². The van der Waals surface area contributed by atoms with Crippen molar-refractivity contribution in [3.8, 4) is 0 Å². The molecule has 0 aliphatic carbocycles. The summed E-state index contributed by atoms with van der Waals surface area (Å²) in [4.78, 5) is 2.63. The van der Waals surface area contributed by atoms with Crippen molar-refractivity contribution >= 4 is 26.8 Å². The maximum absolute atomic E-state index is 3.67. The van der Waals surface area contributed by atoms with Crippen LogP contribution in [0.2, 0.25) is 0 Å². The third-order valence-corrected chi connectivity index (χ3v) is 6.31. The summed E-state index contributed by atoms with van der Waals surface area (Å²) in [6.45, 7) is 5.79. The van der Waals surface area contributed by atoms with Gasteiger partial charge in [0.1, 0.15) is 0 Å². The quantitative estimate of drug-likeness (QED) is 0.557. The van der Waals surface area contributed by atoms with Crippen molar-refractivity contribution in [1.29, 1.82) is 0 Å². The molecule has 1 aliphatic heterocycles. The van der Waals surface area contributed by atoms with Crippen LogP contribution in [0.4, 0.5) is 0 Å². The van der Waals surface area contributed by atoms with E-state index in [0.717, 1.165) is 6.42 Å². The van der Waals surface area contributed by atoms with Crippen LogP contribution in [0.3, 0.4) is 0 Å². The molecule has 2 aromatic carbocycles. The number of hydrogen-bond donors (Lipinski definition) is 0. The average Bonchev–Trinajstić information content (AvgIpc) is 3.07. The van der Waals surface area contributed by atoms with Crippen molar-refractivity contribution in [2.45, 2.75) is 32.2 Å². The van der Waals surface area contributed by atoms with E-state index < -0.39 is 0 Å². The Labute approximate surface area is 158 Å². The van der Waals surface area contributed by atoms with Crippen LogP contribution in [0.1, 0.15) is 30.0 Å². The van der Waals surface area contributed by atoms with E-state index in [1.165, 1.54) is 59.0 Å². The lowest BCUT2D eigenvalue weighted by atomic mass is 10.0. The number of rotatable bonds is 4. The molecule has 130 valence electrons. The van der Waals surface area contributed by atoms with Gasteiger partial charge in [0, 0.05) is 47.2 Å². The summed E-state index contributed by atoms with van der Waals surface area (Å²) in [5, 5.41) is 1.32. The summed E-state index contributed by atoms with van der Waals surface area (Å²) in [5.74, 6) is 0. The number of nitrogens with zero attached hydrogens (tertiary/aromatic N) is 2. The molecule has 0 N–H and O–H groups in total. The molecule has 0 unspecified atom stereocenters. The Morgan fingerprint density at radius 2 is 1.80 bits per heavy atom. The molecule has 0 saturated carbocycles. The van der Waals surface area contributed by atoms with E-state index in [9.17, 15) is 0 Å². The topological polar surface area (TPSA) is 8.17 Å². The first-order valence-electron chi connectivity index (χ1n) is 9.24. The summed E-state index contributed by atoms with van der Waals surface area (Å²) < 4.78 is 3.68. The number of aryl methyl sites for hydroxylation is 1. The van der Waals surface area contributed by atoms with Gasteiger partial charge in [-0.15, -0.1) is 0 Å². The normalized spacial score (nSPS) is 16.6. The number of hydrogen-bond acceptors (Lipinski definition) is 1. The Morgan fingerprint density at radius 1 is 1.00 bits per heavy atom. The van der Waals surface area contributed by atoms with Gasteiger partial charge in [-0.3, -0.25) is 0 Å². The first-order chi connectivity index (χ1) is 12.2. The van der Waals surface area contributed by atoms with Crippen LogP contribution in [0.15, 0.2) is 59.2 Å². The minimum atomic E-state index is 0.626. The van der Waals surface area contributed by atoms with Crippen molar-refractivity contribution in [1.82, 2.24) is 9.47 Å². The number of halogens is 1. The van der Waals surface area contributed by atoms with E-state index in [2.05, 4.69) is 87.0 Å². The Bertz CT molecular complexity index is 859. The number of aromatic nitrogens is 1. The lowest BCUT2D eigenvalue weighted by molar-refractivity contribution is 0.190. The maximum Gasteiger partial charge on any atom is 0.0494 e. The molecule has 0 atom stereocenters. The SMILES string of the molecule is Cc1ccccc1CCN1CCC(n2ccc3c(Br)cccc32)CC1. The molecule has 0 bridgehead atoms. The number of likely N-dealkylation sites (tertiary alicyclic amines) is 1. The van der Waals surface area contributed by atoms with E-state index in [4.69, 9.17) is 0 Å². The van der Waals surface area contributed by atoms with Crippen LogP contribution in [0, 0.1) is 6.92 Å². The molecule has 25 heavy (non-hydrogen) atoms. The molecule has 1 fully saturated rings. The molecule has 1 aromatic heterocycles. The Hall–Kier alpha value is -1.58. The summed E-state index contributed by atoms with van der Waals surface area (Å²) in [6, 6.07) is 18.1. The van der Waals surface area contributed by atoms with Crippen molar-refractivity contribution in [3.05, 3.63) is 70.3 Å². The van der Waals surface area contributed by atoms with E-state index in [1.54, 1.807) is 0 Å². The second kappa shape index (κ2) is 7.35. The van der Waals surface area contributed by atoms with E-state index in [1.807, 2.05) is 0 Å². The van der Waals surface area contributed by atoms with Crippen LogP contribution in [0.5, 0.6) is 0 Å². The van der Waals surface area contributed by atoms with Gasteiger partial charge in [-0.2, -0.15) is 0 Å². The van der Waals surface area contributed by atoms with Gasteiger partial charge in [-0.25, -0.2) is 0 Å². The highest BCUT2D eigenvalue weighted by Gasteiger charge is 2.21. The number of benzene rings is 2. The minimum absolute atomic E-state index is 0.626. The molecule has 0 radical (unpaired) electrons. The van der Waals surface area contributed by atoms with Crippen molar-refractivity contribution in [2.75, 3.05) is 19.6 Å². The van der Waals surface area contributed by atoms with Gasteiger partial charge in [0.05, 0.1) is 0 Å². The third kappa shape index (κ3) is 3.54. The van der Waals surface area contributed by atoms with Crippen LogP contribution < -0.4 is 0 Å². The fraction of sp³-hybridized carbons (Fsp3) is 0.364. The fourth-order valence-electron chi connectivity index (χ4n) is 4.06. The van der Waals surface area contributed by atoms with Gasteiger partial charge >= 0.3 is 0 Å². The van der Waals surface area contributed by atoms with Gasteiger partial charge in [0.25, 0.3) is 0 Å². The molecule has 3 heteroatoms. The second-order valence-electron chi connectivity index (χ2n) is 7.14. The summed E-state index contributed by atoms with van der Waals surface area (Å²) in [5.41, 5.74) is 4.26. The lowest BCUT2D eigenvalue weighted by Gasteiger charge is -2.33. The van der Waals surface area contributed by atoms with Crippen molar-refractivity contribution in [2.24, 2.45) is 0 Å². The highest BCUT2D eigenvalue weighted by Crippen LogP contribution is 2.31. The molecule has 0 spiro atoms. The molecule has 2 heterocycles. The zero-order chi connectivity index (χ0) is 17.2. The van der Waals surface area contributed by atoms with Crippen LogP contribution >= 0.6 is 15.9 Å². The highest BCUT2D eigenvalue weighted by molar-refractivity contribution is 9.10. The molecule has 1 aliphatic rings. The second-order valence-corrected chi connectivity index (χ2v) is 8.00. The van der Waals surface area contributed by atoms with Gasteiger partial charge in [0.2, 0.25) is 0 Å². The first-order valence-corrected chi connectivity index (χ1v) is 10.0. The zero-order valence-electron chi connectivity index (χ0n) is 14.8.